The van der Waals surface area contributed by atoms with Crippen LogP contribution in [-0.4, -0.2) is 0 Å². The van der Waals surface area contributed by atoms with Crippen molar-refractivity contribution < 1.29 is 0 Å². The van der Waals surface area contributed by atoms with Gasteiger partial charge in [-0.1, -0.05) is 63.0 Å². The number of halogens is 2. The van der Waals surface area contributed by atoms with Gasteiger partial charge < -0.3 is 0 Å². The predicted octanol–water partition coefficient (Wildman–Crippen LogP) is 11.8. The Balaban J connectivity index is 1.67. The molecule has 7 rings (SSSR count). The summed E-state index contributed by atoms with van der Waals surface area (Å²) >= 11 is 16.3. The van der Waals surface area contributed by atoms with Crippen LogP contribution in [0.2, 0.25) is 10.0 Å². The molecule has 4 aromatic rings. The molecule has 3 aliphatic rings. The molecule has 0 saturated heterocycles. The fourth-order valence-electron chi connectivity index (χ4n) is 7.84. The van der Waals surface area contributed by atoms with Crippen molar-refractivity contribution in [1.82, 2.24) is 0 Å². The van der Waals surface area contributed by atoms with Crippen LogP contribution in [0, 0.1) is 47.6 Å². The average molecular weight is 660 g/mol. The molecule has 2 aromatic heterocycles. The highest BCUT2D eigenvalue weighted by molar-refractivity contribution is 7.24. The van der Waals surface area contributed by atoms with Crippen molar-refractivity contribution in [2.45, 2.75) is 46.0 Å². The van der Waals surface area contributed by atoms with E-state index in [4.69, 9.17) is 36.3 Å². The van der Waals surface area contributed by atoms with Crippen LogP contribution in [0.15, 0.2) is 47.8 Å². The second kappa shape index (κ2) is 10.5. The largest absolute Gasteiger partial charge is 0.271 e. The zero-order chi connectivity index (χ0) is 31.9. The quantitative estimate of drug-likeness (QED) is 0.140. The fourth-order valence-corrected chi connectivity index (χ4v) is 11.3. The summed E-state index contributed by atoms with van der Waals surface area (Å²) in [4.78, 5) is 11.5. The smallest absolute Gasteiger partial charge is 0.226 e. The van der Waals surface area contributed by atoms with Gasteiger partial charge >= 0.3 is 0 Å². The van der Waals surface area contributed by atoms with Gasteiger partial charge in [-0.05, 0) is 82.3 Å². The molecule has 0 atom stereocenters. The molecule has 0 aliphatic heterocycles. The van der Waals surface area contributed by atoms with Gasteiger partial charge in [-0.25, -0.2) is 20.2 Å². The van der Waals surface area contributed by atoms with Crippen molar-refractivity contribution in [3.05, 3.63) is 113 Å². The number of fused-ring (bicyclic) bond motifs is 11. The Morgan fingerprint density at radius 3 is 1.44 bits per heavy atom. The second-order valence-electron chi connectivity index (χ2n) is 12.6. The number of rotatable bonds is 4. The molecule has 0 bridgehead atoms. The molecule has 0 N–H and O–H groups in total. The van der Waals surface area contributed by atoms with Crippen LogP contribution in [0.1, 0.15) is 72.5 Å². The maximum Gasteiger partial charge on any atom is 0.271 e. The average Bonchev–Trinajstić information content (AvgIpc) is 3.74. The number of nitrogens with zero attached hydrogens (tertiary/aromatic N) is 4. The Morgan fingerprint density at radius 2 is 1.11 bits per heavy atom. The highest BCUT2D eigenvalue weighted by Crippen LogP contribution is 2.70. The van der Waals surface area contributed by atoms with Gasteiger partial charge in [0.25, 0.3) is 11.4 Å². The molecular formula is C37H24Cl2N4S2. The lowest BCUT2D eigenvalue weighted by Crippen LogP contribution is -2.30. The van der Waals surface area contributed by atoms with Crippen LogP contribution >= 0.6 is 45.9 Å². The number of allylic oxidation sites excluding steroid dienone is 2. The van der Waals surface area contributed by atoms with Gasteiger partial charge in [0.15, 0.2) is 0 Å². The summed E-state index contributed by atoms with van der Waals surface area (Å²) < 4.78 is 0. The molecule has 4 nitrogen and oxygen atoms in total. The minimum Gasteiger partial charge on any atom is -0.226 e. The highest BCUT2D eigenvalue weighted by Gasteiger charge is 2.53. The maximum atomic E-state index is 10.1. The van der Waals surface area contributed by atoms with Gasteiger partial charge in [0, 0.05) is 57.2 Å². The fraction of sp³-hybridized carbons (Fsp3) is 0.243. The summed E-state index contributed by atoms with van der Waals surface area (Å²) in [5.41, 5.74) is 9.52. The van der Waals surface area contributed by atoms with Crippen molar-refractivity contribution in [3.8, 4) is 44.1 Å². The van der Waals surface area contributed by atoms with Crippen molar-refractivity contribution in [2.75, 3.05) is 0 Å². The molecule has 0 unspecified atom stereocenters. The molecular weight excluding hydrogens is 635 g/mol. The third kappa shape index (κ3) is 3.98. The molecule has 45 heavy (non-hydrogen) atoms. The Morgan fingerprint density at radius 1 is 0.711 bits per heavy atom. The number of hydrogen-bond acceptors (Lipinski definition) is 4. The lowest BCUT2D eigenvalue weighted by molar-refractivity contribution is 0.339. The van der Waals surface area contributed by atoms with E-state index in [1.807, 2.05) is 36.4 Å². The van der Waals surface area contributed by atoms with Gasteiger partial charge in [-0.3, -0.25) is 0 Å². The molecule has 0 radical (unpaired) electrons. The first-order valence-corrected chi connectivity index (χ1v) is 17.0. The Hall–Kier alpha value is -4.14. The number of nitriles is 2. The first-order valence-electron chi connectivity index (χ1n) is 14.6. The van der Waals surface area contributed by atoms with Crippen molar-refractivity contribution in [3.63, 3.8) is 0 Å². The first-order chi connectivity index (χ1) is 21.6. The summed E-state index contributed by atoms with van der Waals surface area (Å²) in [5.74, 6) is 0.707. The lowest BCUT2D eigenvalue weighted by atomic mass is 9.66. The van der Waals surface area contributed by atoms with Crippen LogP contribution in [0.5, 0.6) is 0 Å². The van der Waals surface area contributed by atoms with E-state index in [0.29, 0.717) is 33.0 Å². The molecule has 0 saturated carbocycles. The van der Waals surface area contributed by atoms with Crippen LogP contribution in [-0.2, 0) is 5.41 Å². The van der Waals surface area contributed by atoms with Gasteiger partial charge in [-0.2, -0.15) is 0 Å². The number of thiophene rings is 2. The second-order valence-corrected chi connectivity index (χ2v) is 15.5. The van der Waals surface area contributed by atoms with E-state index in [1.54, 1.807) is 22.7 Å². The van der Waals surface area contributed by atoms with Crippen LogP contribution in [0.25, 0.3) is 52.8 Å². The predicted molar refractivity (Wildman–Crippen MR) is 185 cm³/mol. The van der Waals surface area contributed by atoms with E-state index >= 15 is 0 Å². The molecule has 218 valence electrons. The Bertz CT molecular complexity index is 2060. The zero-order valence-corrected chi connectivity index (χ0v) is 28.0. The highest BCUT2D eigenvalue weighted by atomic mass is 35.5. The minimum absolute atomic E-state index is 0.0659. The van der Waals surface area contributed by atoms with Crippen LogP contribution in [0.4, 0.5) is 0 Å². The molecule has 8 heteroatoms. The van der Waals surface area contributed by atoms with Gasteiger partial charge in [0.2, 0.25) is 0 Å². The maximum absolute atomic E-state index is 10.1. The summed E-state index contributed by atoms with van der Waals surface area (Å²) in [7, 11) is 0. The minimum atomic E-state index is -0.379. The van der Waals surface area contributed by atoms with E-state index in [1.165, 1.54) is 11.1 Å². The van der Waals surface area contributed by atoms with E-state index in [9.17, 15) is 10.5 Å². The summed E-state index contributed by atoms with van der Waals surface area (Å²) in [6.07, 6.45) is 1.78. The third-order valence-corrected chi connectivity index (χ3v) is 11.9. The first kappa shape index (κ1) is 29.6. The standard InChI is InChI=1S/C37H24Cl2N4S2/c1-17(2)13-37(14-18(3)4)31-29-21-9-7-19(38)11-23(21)27(25(15-40)42-5)33(29)44-35(31)36-32(37)30-22-10-8-20(39)12-24(22)28(34(30)45-36)26(16-41)43-6/h7-12,17-18H,13-14H2,1-4H3/b27-25-,28-26+. The third-order valence-electron chi connectivity index (χ3n) is 8.90. The summed E-state index contributed by atoms with van der Waals surface area (Å²) in [5, 5.41) is 21.2. The van der Waals surface area contributed by atoms with Gasteiger partial charge in [-0.15, -0.1) is 22.7 Å². The molecule has 2 heterocycles. The summed E-state index contributed by atoms with van der Waals surface area (Å²) in [6, 6.07) is 15.9. The van der Waals surface area contributed by atoms with Crippen LogP contribution < -0.4 is 0 Å². The zero-order valence-electron chi connectivity index (χ0n) is 24.9. The van der Waals surface area contributed by atoms with Crippen molar-refractivity contribution >= 4 is 57.0 Å². The number of hydrogen-bond donors (Lipinski definition) is 0. The summed E-state index contributed by atoms with van der Waals surface area (Å²) in [6.45, 7) is 24.8. The van der Waals surface area contributed by atoms with Gasteiger partial charge in [0.1, 0.15) is 0 Å². The van der Waals surface area contributed by atoms with E-state index in [2.05, 4.69) is 49.5 Å². The van der Waals surface area contributed by atoms with E-state index in [0.717, 1.165) is 65.7 Å². The Labute approximate surface area is 280 Å². The SMILES string of the molecule is [C-]#[N+]/C(C#N)=C1/c2cc(Cl)ccc2-c2c1sc1c2C(CC(C)C)(CC(C)C)c2c-1sc1c2-c2ccc(Cl)cc2/C1=C(/C#N)[N+]#[C-]. The van der Waals surface area contributed by atoms with Crippen molar-refractivity contribution in [2.24, 2.45) is 11.8 Å². The topological polar surface area (TPSA) is 56.3 Å². The molecule has 0 fully saturated rings. The Kier molecular flexibility index (Phi) is 6.87. The van der Waals surface area contributed by atoms with Gasteiger partial charge in [0.05, 0.1) is 25.3 Å². The van der Waals surface area contributed by atoms with E-state index in [-0.39, 0.29) is 16.8 Å². The monoisotopic (exact) mass is 658 g/mol. The molecule has 0 amide bonds. The lowest BCUT2D eigenvalue weighted by Gasteiger charge is -2.36. The molecule has 0 spiro atoms. The van der Waals surface area contributed by atoms with E-state index < -0.39 is 0 Å². The van der Waals surface area contributed by atoms with Crippen LogP contribution in [0.3, 0.4) is 0 Å². The number of benzene rings is 2. The molecule has 2 aromatic carbocycles. The molecule has 3 aliphatic carbocycles. The van der Waals surface area contributed by atoms with Crippen molar-refractivity contribution in [1.29, 1.82) is 10.5 Å². The normalized spacial score (nSPS) is 16.5.